The van der Waals surface area contributed by atoms with Crippen molar-refractivity contribution in [2.75, 3.05) is 11.4 Å². The lowest BCUT2D eigenvalue weighted by atomic mass is 9.85. The summed E-state index contributed by atoms with van der Waals surface area (Å²) in [5.41, 5.74) is 1.86. The van der Waals surface area contributed by atoms with E-state index in [1.807, 2.05) is 24.3 Å². The molecule has 1 N–H and O–H groups in total. The number of carbonyl (C=O) groups is 2. The highest BCUT2D eigenvalue weighted by atomic mass is 16.4. The Bertz CT molecular complexity index is 573. The Hall–Kier alpha value is -2.10. The van der Waals surface area contributed by atoms with Crippen LogP contribution in [0.2, 0.25) is 0 Å². The Morgan fingerprint density at radius 3 is 2.74 bits per heavy atom. The smallest absolute Gasteiger partial charge is 0.329 e. The summed E-state index contributed by atoms with van der Waals surface area (Å²) in [5, 5.41) is 8.90. The van der Waals surface area contributed by atoms with E-state index in [0.717, 1.165) is 30.2 Å². The van der Waals surface area contributed by atoms with E-state index in [2.05, 4.69) is 0 Å². The molecule has 1 saturated carbocycles. The van der Waals surface area contributed by atoms with Gasteiger partial charge in [0.15, 0.2) is 0 Å². The Balaban J connectivity index is 1.98. The van der Waals surface area contributed by atoms with Crippen molar-refractivity contribution in [2.24, 2.45) is 5.92 Å². The molecule has 0 spiro atoms. The summed E-state index contributed by atoms with van der Waals surface area (Å²) in [7, 11) is 0. The SMILES string of the molecule is O=C(O)/C=C1/C(=O)N(CC2CCC2)c2ccccc21. The molecule has 1 aromatic rings. The zero-order chi connectivity index (χ0) is 13.4. The van der Waals surface area contributed by atoms with Crippen LogP contribution in [0.25, 0.3) is 5.57 Å². The zero-order valence-corrected chi connectivity index (χ0v) is 10.5. The number of fused-ring (bicyclic) bond motifs is 1. The maximum absolute atomic E-state index is 12.4. The number of hydrogen-bond acceptors (Lipinski definition) is 2. The van der Waals surface area contributed by atoms with Gasteiger partial charge in [-0.05, 0) is 24.8 Å². The minimum Gasteiger partial charge on any atom is -0.478 e. The van der Waals surface area contributed by atoms with E-state index in [1.54, 1.807) is 4.90 Å². The molecule has 1 fully saturated rings. The summed E-state index contributed by atoms with van der Waals surface area (Å²) in [5.74, 6) is -0.708. The van der Waals surface area contributed by atoms with Gasteiger partial charge in [0.2, 0.25) is 0 Å². The van der Waals surface area contributed by atoms with Gasteiger partial charge in [-0.2, -0.15) is 0 Å². The summed E-state index contributed by atoms with van der Waals surface area (Å²) in [6, 6.07) is 7.40. The van der Waals surface area contributed by atoms with Crippen LogP contribution in [0.5, 0.6) is 0 Å². The number of carbonyl (C=O) groups excluding carboxylic acids is 1. The minimum atomic E-state index is -1.08. The molecule has 0 radical (unpaired) electrons. The number of amides is 1. The molecule has 98 valence electrons. The topological polar surface area (TPSA) is 57.6 Å². The molecular weight excluding hydrogens is 242 g/mol. The number of anilines is 1. The van der Waals surface area contributed by atoms with Crippen LogP contribution in [0, 0.1) is 5.92 Å². The number of hydrogen-bond donors (Lipinski definition) is 1. The van der Waals surface area contributed by atoms with Crippen LogP contribution >= 0.6 is 0 Å². The van der Waals surface area contributed by atoms with Gasteiger partial charge in [-0.25, -0.2) is 4.79 Å². The van der Waals surface area contributed by atoms with E-state index in [0.29, 0.717) is 18.0 Å². The first-order valence-electron chi connectivity index (χ1n) is 6.52. The quantitative estimate of drug-likeness (QED) is 0.845. The summed E-state index contributed by atoms with van der Waals surface area (Å²) in [4.78, 5) is 25.0. The molecule has 3 rings (SSSR count). The van der Waals surface area contributed by atoms with Crippen molar-refractivity contribution >= 4 is 23.1 Å². The van der Waals surface area contributed by atoms with Crippen molar-refractivity contribution in [2.45, 2.75) is 19.3 Å². The first-order valence-corrected chi connectivity index (χ1v) is 6.52. The molecule has 0 saturated heterocycles. The number of para-hydroxylation sites is 1. The summed E-state index contributed by atoms with van der Waals surface area (Å²) in [6.07, 6.45) is 4.56. The van der Waals surface area contributed by atoms with Crippen LogP contribution < -0.4 is 4.90 Å². The van der Waals surface area contributed by atoms with Crippen LogP contribution in [0.1, 0.15) is 24.8 Å². The third kappa shape index (κ3) is 2.03. The Kier molecular flexibility index (Phi) is 2.85. The molecule has 1 aromatic carbocycles. The number of nitrogens with zero attached hydrogens (tertiary/aromatic N) is 1. The molecule has 1 amide bonds. The summed E-state index contributed by atoms with van der Waals surface area (Å²) in [6.45, 7) is 0.701. The van der Waals surface area contributed by atoms with Gasteiger partial charge >= 0.3 is 5.97 Å². The number of rotatable bonds is 3. The predicted molar refractivity (Wildman–Crippen MR) is 71.7 cm³/mol. The number of benzene rings is 1. The van der Waals surface area contributed by atoms with Gasteiger partial charge in [-0.1, -0.05) is 24.6 Å². The molecule has 0 atom stereocenters. The van der Waals surface area contributed by atoms with Crippen LogP contribution in [0.15, 0.2) is 30.3 Å². The Morgan fingerprint density at radius 2 is 2.11 bits per heavy atom. The summed E-state index contributed by atoms with van der Waals surface area (Å²) < 4.78 is 0. The van der Waals surface area contributed by atoms with Crippen molar-refractivity contribution in [3.8, 4) is 0 Å². The molecule has 2 aliphatic rings. The predicted octanol–water partition coefficient (Wildman–Crippen LogP) is 2.30. The van der Waals surface area contributed by atoms with Gasteiger partial charge in [-0.15, -0.1) is 0 Å². The van der Waals surface area contributed by atoms with E-state index >= 15 is 0 Å². The average Bonchev–Trinajstić information content (AvgIpc) is 2.58. The highest BCUT2D eigenvalue weighted by Gasteiger charge is 2.34. The van der Waals surface area contributed by atoms with Gasteiger partial charge in [0.05, 0.1) is 11.3 Å². The molecule has 1 aliphatic carbocycles. The van der Waals surface area contributed by atoms with Crippen LogP contribution in [0.4, 0.5) is 5.69 Å². The fourth-order valence-corrected chi connectivity index (χ4v) is 2.68. The van der Waals surface area contributed by atoms with Gasteiger partial charge < -0.3 is 10.0 Å². The first-order chi connectivity index (χ1) is 9.16. The van der Waals surface area contributed by atoms with Crippen molar-refractivity contribution in [3.05, 3.63) is 35.9 Å². The van der Waals surface area contributed by atoms with Crippen LogP contribution in [-0.4, -0.2) is 23.5 Å². The lowest BCUT2D eigenvalue weighted by Crippen LogP contribution is -2.34. The third-order valence-corrected chi connectivity index (χ3v) is 3.89. The zero-order valence-electron chi connectivity index (χ0n) is 10.5. The number of carboxylic acids is 1. The molecule has 1 heterocycles. The molecule has 0 bridgehead atoms. The highest BCUT2D eigenvalue weighted by molar-refractivity contribution is 6.34. The third-order valence-electron chi connectivity index (χ3n) is 3.89. The van der Waals surface area contributed by atoms with Crippen molar-refractivity contribution in [3.63, 3.8) is 0 Å². The Morgan fingerprint density at radius 1 is 1.37 bits per heavy atom. The maximum atomic E-state index is 12.4. The van der Waals surface area contributed by atoms with Crippen molar-refractivity contribution in [1.82, 2.24) is 0 Å². The van der Waals surface area contributed by atoms with Crippen molar-refractivity contribution in [1.29, 1.82) is 0 Å². The summed E-state index contributed by atoms with van der Waals surface area (Å²) >= 11 is 0. The van der Waals surface area contributed by atoms with Gasteiger partial charge in [0.1, 0.15) is 0 Å². The molecule has 1 aliphatic heterocycles. The van der Waals surface area contributed by atoms with Crippen molar-refractivity contribution < 1.29 is 14.7 Å². The molecule has 0 aromatic heterocycles. The fraction of sp³-hybridized carbons (Fsp3) is 0.333. The monoisotopic (exact) mass is 257 g/mol. The lowest BCUT2D eigenvalue weighted by molar-refractivity contribution is -0.131. The normalized spacial score (nSPS) is 20.5. The fourth-order valence-electron chi connectivity index (χ4n) is 2.68. The van der Waals surface area contributed by atoms with E-state index in [4.69, 9.17) is 5.11 Å². The standard InChI is InChI=1S/C15H15NO3/c17-14(18)8-12-11-6-1-2-7-13(11)16(15(12)19)9-10-4-3-5-10/h1-2,6-8,10H,3-5,9H2,(H,17,18)/b12-8+. The van der Waals surface area contributed by atoms with Gasteiger partial charge in [0.25, 0.3) is 5.91 Å². The van der Waals surface area contributed by atoms with Crippen LogP contribution in [0.3, 0.4) is 0 Å². The van der Waals surface area contributed by atoms with Gasteiger partial charge in [-0.3, -0.25) is 4.79 Å². The van der Waals surface area contributed by atoms with E-state index in [1.165, 1.54) is 6.42 Å². The lowest BCUT2D eigenvalue weighted by Gasteiger charge is -2.30. The highest BCUT2D eigenvalue weighted by Crippen LogP contribution is 2.39. The van der Waals surface area contributed by atoms with Gasteiger partial charge in [0, 0.05) is 18.2 Å². The first kappa shape index (κ1) is 12.0. The van der Waals surface area contributed by atoms with E-state index in [-0.39, 0.29) is 5.91 Å². The number of carboxylic acid groups (broad SMARTS) is 1. The van der Waals surface area contributed by atoms with Crippen LogP contribution in [-0.2, 0) is 9.59 Å². The maximum Gasteiger partial charge on any atom is 0.329 e. The molecule has 19 heavy (non-hydrogen) atoms. The Labute approximate surface area is 111 Å². The molecule has 0 unspecified atom stereocenters. The largest absolute Gasteiger partial charge is 0.478 e. The average molecular weight is 257 g/mol. The second kappa shape index (κ2) is 4.53. The second-order valence-corrected chi connectivity index (χ2v) is 5.13. The molecule has 4 heteroatoms. The number of aliphatic carboxylic acids is 1. The van der Waals surface area contributed by atoms with E-state index in [9.17, 15) is 9.59 Å². The molecule has 4 nitrogen and oxygen atoms in total. The minimum absolute atomic E-state index is 0.185. The second-order valence-electron chi connectivity index (χ2n) is 5.13. The molecular formula is C15H15NO3. The van der Waals surface area contributed by atoms with E-state index < -0.39 is 5.97 Å².